The van der Waals surface area contributed by atoms with Gasteiger partial charge in [-0.15, -0.1) is 0 Å². The number of hydrogen-bond acceptors (Lipinski definition) is 11. The van der Waals surface area contributed by atoms with Crippen LogP contribution in [-0.2, 0) is 32.7 Å². The summed E-state index contributed by atoms with van der Waals surface area (Å²) >= 11 is 0. The van der Waals surface area contributed by atoms with Crippen LogP contribution in [0.1, 0.15) is 153 Å². The van der Waals surface area contributed by atoms with Crippen molar-refractivity contribution in [3.05, 3.63) is 11.6 Å². The van der Waals surface area contributed by atoms with Gasteiger partial charge >= 0.3 is 6.09 Å². The van der Waals surface area contributed by atoms with Crippen LogP contribution in [0.5, 0.6) is 0 Å². The summed E-state index contributed by atoms with van der Waals surface area (Å²) < 4.78 is 56.6. The number of nitriles is 1. The van der Waals surface area contributed by atoms with Crippen molar-refractivity contribution in [3.63, 3.8) is 0 Å². The number of aliphatic hydroxyl groups excluding tert-OH is 1. The number of hydrogen-bond donors (Lipinski definition) is 2. The lowest BCUT2D eigenvalue weighted by Crippen LogP contribution is -2.51. The van der Waals surface area contributed by atoms with E-state index in [4.69, 9.17) is 40.8 Å². The van der Waals surface area contributed by atoms with Crippen molar-refractivity contribution in [2.45, 2.75) is 164 Å². The van der Waals surface area contributed by atoms with E-state index in [1.165, 1.54) is 58.5 Å². The van der Waals surface area contributed by atoms with E-state index < -0.39 is 14.6 Å². The summed E-state index contributed by atoms with van der Waals surface area (Å²) in [6.45, 7) is 22.8. The van der Waals surface area contributed by atoms with Crippen molar-refractivity contribution in [1.29, 1.82) is 6.69 Å². The molecule has 4 rings (SSSR count). The SMILES string of the molecule is [2H]CC(COCCOCCOCCOCCCNC(=O)O[C@H]1CC[C@@]2(C)C(=CCC3C4CCC([C@@H](C)CCCC(C)C)[C@@]4(C)CCC32)C1)OP(OCCC#N)N(CCC)CCC.[3H]OC. The average Bonchev–Trinajstić information content (AvgIpc) is 3.64. The number of carbonyl (C=O) groups is 1. The minimum Gasteiger partial charge on any atom is -0.446 e. The fourth-order valence-corrected chi connectivity index (χ4v) is 13.1. The number of amides is 1. The summed E-state index contributed by atoms with van der Waals surface area (Å²) in [5, 5.41) is 15.4. The van der Waals surface area contributed by atoms with Crippen molar-refractivity contribution in [1.82, 2.24) is 9.99 Å². The number of carbonyl (C=O) groups excluding carboxylic acids is 1. The third kappa shape index (κ3) is 18.0. The van der Waals surface area contributed by atoms with Gasteiger partial charge in [0.25, 0.3) is 8.53 Å². The van der Waals surface area contributed by atoms with Crippen molar-refractivity contribution in [3.8, 4) is 6.07 Å². The van der Waals surface area contributed by atoms with E-state index in [0.29, 0.717) is 77.7 Å². The zero-order valence-corrected chi connectivity index (χ0v) is 41.9. The van der Waals surface area contributed by atoms with Gasteiger partial charge in [0.2, 0.25) is 1.43 Å². The first-order chi connectivity index (χ1) is 31.4. The summed E-state index contributed by atoms with van der Waals surface area (Å²) in [4.78, 5) is 12.8. The maximum absolute atomic E-state index is 12.8. The highest BCUT2D eigenvalue weighted by Crippen LogP contribution is 2.67. The number of alkyl carbamates (subject to hydrolysis) is 1. The van der Waals surface area contributed by atoms with Crippen LogP contribution in [0.2, 0.25) is 0 Å². The van der Waals surface area contributed by atoms with E-state index >= 15 is 0 Å². The summed E-state index contributed by atoms with van der Waals surface area (Å²) in [5.41, 5.74) is 2.31. The average molecular weight is 913 g/mol. The molecule has 3 fully saturated rings. The van der Waals surface area contributed by atoms with Gasteiger partial charge in [0, 0.05) is 41.1 Å². The zero-order valence-electron chi connectivity index (χ0n) is 43.0. The lowest BCUT2D eigenvalue weighted by molar-refractivity contribution is -0.0581. The first kappa shape index (κ1) is 52.6. The second-order valence-electron chi connectivity index (χ2n) is 19.4. The van der Waals surface area contributed by atoms with Gasteiger partial charge in [0.15, 0.2) is 0 Å². The number of allylic oxidation sites excluding steroid dienone is 1. The standard InChI is InChI=1S/C49H88N3O8P.CH4O/c1-9-26-52(27-10-2)61(58-29-12-24-50)60-40(6)37-57-35-34-56-33-32-55-31-30-54-28-13-25-51-47(53)59-42-20-22-48(7)41(36-42)16-17-43-45-19-18-44(39(5)15-11-14-38(3)4)49(45,8)23-21-46(43)48;1-2/h16,38-40,42-46H,9-15,17-23,25-37H2,1-8H3,(H,51,53);2H,1H3/t39-,40?,42-,43?,44?,45?,46?,48-,49+,61?;/m0./s1/i6D;2T. The molecule has 4 aliphatic rings. The predicted octanol–water partition coefficient (Wildman–Crippen LogP) is 10.9. The van der Waals surface area contributed by atoms with Crippen LogP contribution in [0.4, 0.5) is 4.79 Å². The summed E-state index contributed by atoms with van der Waals surface area (Å²) in [6.07, 6.45) is 18.7. The third-order valence-corrected chi connectivity index (χ3v) is 16.3. The van der Waals surface area contributed by atoms with Gasteiger partial charge in [-0.05, 0) is 117 Å². The van der Waals surface area contributed by atoms with Crippen LogP contribution in [0.25, 0.3) is 0 Å². The monoisotopic (exact) mass is 913 g/mol. The quantitative estimate of drug-likeness (QED) is 0.0390. The molecule has 0 aromatic rings. The molecule has 0 saturated heterocycles. The van der Waals surface area contributed by atoms with Gasteiger partial charge in [-0.25, -0.2) is 9.46 Å². The Morgan fingerprint density at radius 2 is 1.65 bits per heavy atom. The van der Waals surface area contributed by atoms with E-state index in [9.17, 15) is 4.79 Å². The molecule has 6 unspecified atom stereocenters. The molecule has 3 saturated carbocycles. The number of nitrogens with zero attached hydrogens (tertiary/aromatic N) is 2. The smallest absolute Gasteiger partial charge is 0.407 e. The van der Waals surface area contributed by atoms with E-state index in [-0.39, 0.29) is 31.1 Å². The maximum atomic E-state index is 12.8. The molecule has 1 amide bonds. The fourth-order valence-electron chi connectivity index (χ4n) is 11.5. The topological polar surface area (TPSA) is 141 Å². The number of nitrogens with one attached hydrogen (secondary N) is 1. The number of ether oxygens (including phenoxy) is 5. The molecule has 12 nitrogen and oxygen atoms in total. The van der Waals surface area contributed by atoms with Gasteiger partial charge in [-0.1, -0.05) is 79.4 Å². The molecule has 13 heteroatoms. The van der Waals surface area contributed by atoms with Gasteiger partial charge in [-0.3, -0.25) is 0 Å². The van der Waals surface area contributed by atoms with Gasteiger partial charge in [0.05, 0.1) is 71.4 Å². The minimum absolute atomic E-state index is 0.0406. The van der Waals surface area contributed by atoms with Crippen LogP contribution < -0.4 is 5.32 Å². The highest BCUT2D eigenvalue weighted by molar-refractivity contribution is 7.44. The third-order valence-electron chi connectivity index (χ3n) is 14.5. The highest BCUT2D eigenvalue weighted by atomic mass is 31.2. The van der Waals surface area contributed by atoms with Crippen molar-refractivity contribution >= 4 is 14.6 Å². The lowest BCUT2D eigenvalue weighted by atomic mass is 9.47. The molecule has 0 heterocycles. The Bertz CT molecular complexity index is 1360. The van der Waals surface area contributed by atoms with Gasteiger partial charge in [0.1, 0.15) is 6.10 Å². The molecular formula is C50H92N3O9P. The van der Waals surface area contributed by atoms with Crippen LogP contribution in [0, 0.1) is 57.7 Å². The summed E-state index contributed by atoms with van der Waals surface area (Å²) in [6, 6.07) is 2.11. The van der Waals surface area contributed by atoms with Crippen LogP contribution >= 0.6 is 8.53 Å². The normalized spacial score (nSPS) is 28.3. The molecule has 0 aromatic heterocycles. The summed E-state index contributed by atoms with van der Waals surface area (Å²) in [7, 11) is -0.0600. The van der Waals surface area contributed by atoms with Gasteiger partial charge in [-0.2, -0.15) is 5.26 Å². The molecule has 2 N–H and O–H groups in total. The molecule has 366 valence electrons. The molecule has 0 spiro atoms. The predicted molar refractivity (Wildman–Crippen MR) is 253 cm³/mol. The Balaban J connectivity index is 0.00000363. The van der Waals surface area contributed by atoms with E-state index in [0.717, 1.165) is 80.7 Å². The molecule has 4 aliphatic carbocycles. The Morgan fingerprint density at radius 1 is 0.968 bits per heavy atom. The lowest BCUT2D eigenvalue weighted by Gasteiger charge is -2.58. The van der Waals surface area contributed by atoms with Crippen LogP contribution in [-0.4, -0.2) is 116 Å². The molecular weight excluding hydrogens is 818 g/mol. The number of rotatable bonds is 31. The second kappa shape index (κ2) is 30.8. The molecule has 0 aliphatic heterocycles. The second-order valence-corrected chi connectivity index (χ2v) is 20.9. The first-order valence-electron chi connectivity index (χ1n) is 26.0. The van der Waals surface area contributed by atoms with Crippen molar-refractivity contribution in [2.24, 2.45) is 46.3 Å². The first-order valence-corrected chi connectivity index (χ1v) is 26.0. The summed E-state index contributed by atoms with van der Waals surface area (Å²) in [5.74, 6) is 4.98. The Morgan fingerprint density at radius 3 is 2.30 bits per heavy atom. The molecule has 0 aromatic carbocycles. The molecule has 0 bridgehead atoms. The van der Waals surface area contributed by atoms with E-state index in [2.05, 4.69) is 75.7 Å². The number of fused-ring (bicyclic) bond motifs is 5. The molecule has 63 heavy (non-hydrogen) atoms. The number of aliphatic hydroxyl groups is 1. The Kier molecular flexibility index (Phi) is 25.7. The Labute approximate surface area is 388 Å². The highest BCUT2D eigenvalue weighted by Gasteiger charge is 2.59. The maximum Gasteiger partial charge on any atom is 0.407 e. The van der Waals surface area contributed by atoms with Crippen molar-refractivity contribution in [2.75, 3.05) is 86.2 Å². The van der Waals surface area contributed by atoms with Crippen molar-refractivity contribution < 1.29 is 44.0 Å². The van der Waals surface area contributed by atoms with Crippen LogP contribution in [0.15, 0.2) is 11.6 Å². The van der Waals surface area contributed by atoms with E-state index in [1.54, 1.807) is 5.57 Å². The zero-order chi connectivity index (χ0) is 47.5. The largest absolute Gasteiger partial charge is 0.446 e. The minimum atomic E-state index is -1.35. The Hall–Kier alpha value is -1.39. The van der Waals surface area contributed by atoms with Gasteiger partial charge < -0.3 is 43.2 Å². The van der Waals surface area contributed by atoms with Crippen LogP contribution in [0.3, 0.4) is 0 Å². The molecule has 0 radical (unpaired) electrons. The van der Waals surface area contributed by atoms with E-state index in [1.807, 2.05) is 0 Å². The molecule has 10 atom stereocenters. The fraction of sp³-hybridized carbons (Fsp3) is 0.920.